The lowest BCUT2D eigenvalue weighted by atomic mass is 9.84. The van der Waals surface area contributed by atoms with E-state index in [1.807, 2.05) is 57.5 Å². The molecule has 2 aromatic rings. The number of carbonyl (C=O) groups is 2. The molecule has 1 fully saturated rings. The van der Waals surface area contributed by atoms with Crippen molar-refractivity contribution in [3.63, 3.8) is 0 Å². The van der Waals surface area contributed by atoms with Crippen LogP contribution in [0.1, 0.15) is 52.3 Å². The Morgan fingerprint density at radius 1 is 1.23 bits per heavy atom. The highest BCUT2D eigenvalue weighted by Gasteiger charge is 2.45. The third-order valence-corrected chi connectivity index (χ3v) is 7.42. The number of nitrogens with zero attached hydrogens (tertiary/aromatic N) is 2. The second kappa shape index (κ2) is 11.2. The maximum atomic E-state index is 13.1. The van der Waals surface area contributed by atoms with Gasteiger partial charge in [-0.25, -0.2) is 4.98 Å². The molecule has 0 aliphatic carbocycles. The number of aryl methyl sites for hydroxylation is 1. The zero-order valence-corrected chi connectivity index (χ0v) is 22.2. The number of benzene rings is 1. The van der Waals surface area contributed by atoms with Crippen LogP contribution in [0, 0.1) is 18.3 Å². The SMILES string of the molecule is Cc1ncsc1-c1ccc(CNC(=O)[C@@H]2C[C@@H](O)CN2C(O)[C@@H](NC(=O)C(C)C)C(C)(C)C)cc1. The smallest absolute Gasteiger partial charge is 0.237 e. The molecule has 1 unspecified atom stereocenters. The average molecular weight is 503 g/mol. The standard InChI is InChI=1S/C26H38N4O4S/c1-15(2)23(32)29-22(26(4,5)6)25(34)30-13-19(31)11-20(30)24(33)27-12-17-7-9-18(10-8-17)21-16(3)28-14-35-21/h7-10,14-15,19-20,22,25,31,34H,11-13H2,1-6H3,(H,27,33)(H,29,32)/t19-,20+,22-,25?/m1/s1. The van der Waals surface area contributed by atoms with E-state index in [0.717, 1.165) is 21.7 Å². The molecular weight excluding hydrogens is 464 g/mol. The fraction of sp³-hybridized carbons (Fsp3) is 0.577. The Morgan fingerprint density at radius 2 is 1.89 bits per heavy atom. The molecule has 2 heterocycles. The molecule has 1 aliphatic heterocycles. The molecule has 0 bridgehead atoms. The van der Waals surface area contributed by atoms with E-state index in [2.05, 4.69) is 15.6 Å². The Kier molecular flexibility index (Phi) is 8.69. The number of aliphatic hydroxyl groups is 2. The summed E-state index contributed by atoms with van der Waals surface area (Å²) in [7, 11) is 0. The van der Waals surface area contributed by atoms with Gasteiger partial charge in [-0.2, -0.15) is 0 Å². The number of nitrogens with one attached hydrogen (secondary N) is 2. The van der Waals surface area contributed by atoms with Crippen LogP contribution in [0.15, 0.2) is 29.8 Å². The Hall–Kier alpha value is -2.33. The molecule has 0 spiro atoms. The van der Waals surface area contributed by atoms with Gasteiger partial charge in [-0.1, -0.05) is 58.9 Å². The van der Waals surface area contributed by atoms with Crippen molar-refractivity contribution < 1.29 is 19.8 Å². The molecular formula is C26H38N4O4S. The van der Waals surface area contributed by atoms with Crippen LogP contribution in [-0.2, 0) is 16.1 Å². The lowest BCUT2D eigenvalue weighted by molar-refractivity contribution is -0.136. The number of amides is 2. The van der Waals surface area contributed by atoms with Gasteiger partial charge in [-0.05, 0) is 29.9 Å². The summed E-state index contributed by atoms with van der Waals surface area (Å²) in [5.74, 6) is -0.658. The first-order valence-electron chi connectivity index (χ1n) is 12.1. The molecule has 1 aromatic carbocycles. The van der Waals surface area contributed by atoms with Crippen molar-refractivity contribution in [2.75, 3.05) is 6.54 Å². The number of thiazole rings is 1. The maximum absolute atomic E-state index is 13.1. The molecule has 2 amide bonds. The number of aliphatic hydroxyl groups excluding tert-OH is 2. The van der Waals surface area contributed by atoms with Crippen LogP contribution < -0.4 is 10.6 Å². The van der Waals surface area contributed by atoms with E-state index in [1.165, 1.54) is 0 Å². The van der Waals surface area contributed by atoms with E-state index < -0.39 is 29.8 Å². The first-order valence-corrected chi connectivity index (χ1v) is 13.0. The predicted octanol–water partition coefficient (Wildman–Crippen LogP) is 2.68. The number of likely N-dealkylation sites (tertiary alicyclic amines) is 1. The van der Waals surface area contributed by atoms with Crippen LogP contribution in [0.25, 0.3) is 10.4 Å². The summed E-state index contributed by atoms with van der Waals surface area (Å²) in [5, 5.41) is 27.5. The number of hydrogen-bond donors (Lipinski definition) is 4. The highest BCUT2D eigenvalue weighted by atomic mass is 32.1. The van der Waals surface area contributed by atoms with Crippen LogP contribution in [-0.4, -0.2) is 62.9 Å². The minimum atomic E-state index is -1.12. The molecule has 1 aromatic heterocycles. The molecule has 35 heavy (non-hydrogen) atoms. The summed E-state index contributed by atoms with van der Waals surface area (Å²) in [4.78, 5) is 32.5. The Morgan fingerprint density at radius 3 is 2.43 bits per heavy atom. The van der Waals surface area contributed by atoms with Gasteiger partial charge in [0.2, 0.25) is 11.8 Å². The normalized spacial score (nSPS) is 20.6. The van der Waals surface area contributed by atoms with E-state index in [9.17, 15) is 19.8 Å². The van der Waals surface area contributed by atoms with Gasteiger partial charge in [0.15, 0.2) is 0 Å². The molecule has 8 nitrogen and oxygen atoms in total. The van der Waals surface area contributed by atoms with Crippen molar-refractivity contribution in [3.8, 4) is 10.4 Å². The molecule has 0 saturated carbocycles. The monoisotopic (exact) mass is 502 g/mol. The number of hydrogen-bond acceptors (Lipinski definition) is 7. The van der Waals surface area contributed by atoms with Crippen LogP contribution >= 0.6 is 11.3 Å². The van der Waals surface area contributed by atoms with Gasteiger partial charge >= 0.3 is 0 Å². The van der Waals surface area contributed by atoms with Crippen molar-refractivity contribution in [1.82, 2.24) is 20.5 Å². The third-order valence-electron chi connectivity index (χ3n) is 6.44. The van der Waals surface area contributed by atoms with Crippen LogP contribution in [0.5, 0.6) is 0 Å². The second-order valence-corrected chi connectivity index (χ2v) is 11.6. The van der Waals surface area contributed by atoms with Gasteiger partial charge in [0.25, 0.3) is 0 Å². The summed E-state index contributed by atoms with van der Waals surface area (Å²) >= 11 is 1.60. The van der Waals surface area contributed by atoms with E-state index in [0.29, 0.717) is 6.54 Å². The molecule has 192 valence electrons. The molecule has 4 N–H and O–H groups in total. The second-order valence-electron chi connectivity index (χ2n) is 10.7. The lowest BCUT2D eigenvalue weighted by Gasteiger charge is -2.41. The third kappa shape index (κ3) is 6.67. The zero-order valence-electron chi connectivity index (χ0n) is 21.4. The lowest BCUT2D eigenvalue weighted by Crippen LogP contribution is -2.60. The Bertz CT molecular complexity index is 1020. The highest BCUT2D eigenvalue weighted by Crippen LogP contribution is 2.30. The number of β-amino-alcohol motifs (C(OH)–C–C–N with tert-alkyl or cyclic N) is 1. The fourth-order valence-corrected chi connectivity index (χ4v) is 5.11. The van der Waals surface area contributed by atoms with E-state index in [-0.39, 0.29) is 30.7 Å². The maximum Gasteiger partial charge on any atom is 0.237 e. The van der Waals surface area contributed by atoms with Gasteiger partial charge in [-0.15, -0.1) is 11.3 Å². The number of carbonyl (C=O) groups excluding carboxylic acids is 2. The molecule has 3 rings (SSSR count). The van der Waals surface area contributed by atoms with E-state index >= 15 is 0 Å². The molecule has 4 atom stereocenters. The first kappa shape index (κ1) is 27.3. The Labute approximate surface area is 211 Å². The molecule has 1 aliphatic rings. The average Bonchev–Trinajstić information content (AvgIpc) is 3.40. The molecule has 1 saturated heterocycles. The zero-order chi connectivity index (χ0) is 25.9. The van der Waals surface area contributed by atoms with Crippen molar-refractivity contribution >= 4 is 23.2 Å². The summed E-state index contributed by atoms with van der Waals surface area (Å²) in [6.45, 7) is 11.9. The van der Waals surface area contributed by atoms with E-state index in [1.54, 1.807) is 30.1 Å². The highest BCUT2D eigenvalue weighted by molar-refractivity contribution is 7.13. The first-order chi connectivity index (χ1) is 16.4. The van der Waals surface area contributed by atoms with Crippen LogP contribution in [0.3, 0.4) is 0 Å². The topological polar surface area (TPSA) is 115 Å². The van der Waals surface area contributed by atoms with Gasteiger partial charge < -0.3 is 20.8 Å². The van der Waals surface area contributed by atoms with Gasteiger partial charge in [-0.3, -0.25) is 14.5 Å². The largest absolute Gasteiger partial charge is 0.392 e. The minimum Gasteiger partial charge on any atom is -0.392 e. The minimum absolute atomic E-state index is 0.159. The van der Waals surface area contributed by atoms with Crippen molar-refractivity contribution in [2.45, 2.75) is 78.9 Å². The van der Waals surface area contributed by atoms with Gasteiger partial charge in [0.1, 0.15) is 6.23 Å². The summed E-state index contributed by atoms with van der Waals surface area (Å²) in [6, 6.07) is 6.68. The van der Waals surface area contributed by atoms with Crippen LogP contribution in [0.4, 0.5) is 0 Å². The molecule has 9 heteroatoms. The predicted molar refractivity (Wildman–Crippen MR) is 137 cm³/mol. The van der Waals surface area contributed by atoms with Crippen LogP contribution in [0.2, 0.25) is 0 Å². The van der Waals surface area contributed by atoms with E-state index in [4.69, 9.17) is 0 Å². The van der Waals surface area contributed by atoms with Crippen molar-refractivity contribution in [2.24, 2.45) is 11.3 Å². The number of aromatic nitrogens is 1. The summed E-state index contributed by atoms with van der Waals surface area (Å²) in [6.07, 6.45) is -1.63. The van der Waals surface area contributed by atoms with Gasteiger partial charge in [0.05, 0.1) is 34.3 Å². The van der Waals surface area contributed by atoms with Crippen molar-refractivity contribution in [1.29, 1.82) is 0 Å². The Balaban J connectivity index is 1.67. The molecule has 0 radical (unpaired) electrons. The quantitative estimate of drug-likeness (QED) is 0.441. The van der Waals surface area contributed by atoms with Gasteiger partial charge in [0, 0.05) is 19.0 Å². The summed E-state index contributed by atoms with van der Waals surface area (Å²) in [5.41, 5.74) is 4.40. The van der Waals surface area contributed by atoms with Crippen molar-refractivity contribution in [3.05, 3.63) is 41.0 Å². The number of rotatable bonds is 8. The summed E-state index contributed by atoms with van der Waals surface area (Å²) < 4.78 is 0. The fourth-order valence-electron chi connectivity index (χ4n) is 4.30.